The zero-order valence-corrected chi connectivity index (χ0v) is 18.5. The maximum Gasteiger partial charge on any atom is 0.337 e. The van der Waals surface area contributed by atoms with E-state index in [9.17, 15) is 9.90 Å². The number of thiophene rings is 1. The summed E-state index contributed by atoms with van der Waals surface area (Å²) in [5.74, 6) is -0.878. The maximum atomic E-state index is 11.3. The fraction of sp³-hybridized carbons (Fsp3) is 0.400. The van der Waals surface area contributed by atoms with Gasteiger partial charge in [-0.15, -0.1) is 11.3 Å². The van der Waals surface area contributed by atoms with Gasteiger partial charge in [0, 0.05) is 4.88 Å². The van der Waals surface area contributed by atoms with Crippen LogP contribution in [-0.2, 0) is 10.8 Å². The zero-order chi connectivity index (χ0) is 20.7. The van der Waals surface area contributed by atoms with Gasteiger partial charge in [-0.2, -0.15) is 0 Å². The lowest BCUT2D eigenvalue weighted by molar-refractivity contribution is 0.0697. The van der Waals surface area contributed by atoms with E-state index in [4.69, 9.17) is 0 Å². The molecule has 0 spiro atoms. The van der Waals surface area contributed by atoms with Gasteiger partial charge in [0.15, 0.2) is 0 Å². The van der Waals surface area contributed by atoms with Crippen LogP contribution in [0.4, 0.5) is 0 Å². The van der Waals surface area contributed by atoms with Crippen molar-refractivity contribution < 1.29 is 9.90 Å². The summed E-state index contributed by atoms with van der Waals surface area (Å²) in [7, 11) is 0. The van der Waals surface area contributed by atoms with Crippen LogP contribution in [-0.4, -0.2) is 11.1 Å². The number of allylic oxidation sites excluding steroid dienone is 3. The van der Waals surface area contributed by atoms with Gasteiger partial charge in [0.1, 0.15) is 0 Å². The summed E-state index contributed by atoms with van der Waals surface area (Å²) in [4.78, 5) is 12.0. The quantitative estimate of drug-likeness (QED) is 0.556. The van der Waals surface area contributed by atoms with Crippen LogP contribution in [0.15, 0.2) is 35.7 Å². The van der Waals surface area contributed by atoms with Crippen molar-refractivity contribution in [3.8, 4) is 0 Å². The third-order valence-corrected chi connectivity index (χ3v) is 7.02. The molecular formula is C25H30O2S. The van der Waals surface area contributed by atoms with Gasteiger partial charge >= 0.3 is 5.97 Å². The molecule has 0 fully saturated rings. The minimum Gasteiger partial charge on any atom is -0.478 e. The van der Waals surface area contributed by atoms with Crippen molar-refractivity contribution >= 4 is 29.0 Å². The van der Waals surface area contributed by atoms with Gasteiger partial charge < -0.3 is 5.11 Å². The molecule has 148 valence electrons. The first-order chi connectivity index (χ1) is 13.0. The molecule has 2 nitrogen and oxygen atoms in total. The van der Waals surface area contributed by atoms with Crippen LogP contribution in [0.25, 0.3) is 11.6 Å². The molecule has 0 bridgehead atoms. The molecule has 3 rings (SSSR count). The van der Waals surface area contributed by atoms with E-state index in [0.29, 0.717) is 5.56 Å². The molecule has 1 aromatic heterocycles. The Labute approximate surface area is 172 Å². The lowest BCUT2D eigenvalue weighted by Crippen LogP contribution is -2.34. The number of hydrogen-bond donors (Lipinski definition) is 1. The van der Waals surface area contributed by atoms with E-state index in [1.54, 1.807) is 6.07 Å². The summed E-state index contributed by atoms with van der Waals surface area (Å²) >= 11 is 1.45. The van der Waals surface area contributed by atoms with Crippen molar-refractivity contribution in [3.63, 3.8) is 0 Å². The number of carboxylic acids is 1. The second-order valence-electron chi connectivity index (χ2n) is 9.19. The number of carboxylic acid groups (broad SMARTS) is 1. The van der Waals surface area contributed by atoms with Gasteiger partial charge in [-0.25, -0.2) is 4.79 Å². The molecule has 0 radical (unpaired) electrons. The molecule has 0 saturated heterocycles. The van der Waals surface area contributed by atoms with E-state index < -0.39 is 5.97 Å². The van der Waals surface area contributed by atoms with Gasteiger partial charge in [0.2, 0.25) is 0 Å². The number of fused-ring (bicyclic) bond motifs is 1. The number of carbonyl (C=O) groups is 1. The first kappa shape index (κ1) is 20.6. The van der Waals surface area contributed by atoms with Crippen LogP contribution in [0.3, 0.4) is 0 Å². The highest BCUT2D eigenvalue weighted by molar-refractivity contribution is 7.11. The molecule has 0 aliphatic heterocycles. The van der Waals surface area contributed by atoms with Crippen LogP contribution in [0.2, 0.25) is 0 Å². The second kappa shape index (κ2) is 7.36. The molecule has 28 heavy (non-hydrogen) atoms. The van der Waals surface area contributed by atoms with E-state index >= 15 is 0 Å². The fourth-order valence-electron chi connectivity index (χ4n) is 4.14. The molecule has 1 heterocycles. The standard InChI is InChI=1S/C25H30O2S/c1-16(8-7-9-22-18(23(26)27)10-13-28-22)19-15-21-20(14-17(19)2)24(3,4)11-12-25(21,5)6/h7-10,13-15H,11-12H2,1-6H3,(H,26,27)/b9-7-,16-8+. The highest BCUT2D eigenvalue weighted by atomic mass is 32.1. The summed E-state index contributed by atoms with van der Waals surface area (Å²) in [5, 5.41) is 11.1. The van der Waals surface area contributed by atoms with Crippen molar-refractivity contribution in [1.82, 2.24) is 0 Å². The maximum absolute atomic E-state index is 11.3. The molecule has 1 N–H and O–H groups in total. The summed E-state index contributed by atoms with van der Waals surface area (Å²) in [6, 6.07) is 6.42. The van der Waals surface area contributed by atoms with E-state index in [0.717, 1.165) is 4.88 Å². The SMILES string of the molecule is C/C(=C\C=C/c1sccc1C(=O)O)c1cc2c(cc1C)C(C)(C)CCC2(C)C. The predicted octanol–water partition coefficient (Wildman–Crippen LogP) is 7.22. The van der Waals surface area contributed by atoms with E-state index in [1.807, 2.05) is 17.5 Å². The van der Waals surface area contributed by atoms with E-state index in [2.05, 4.69) is 59.8 Å². The molecule has 3 heteroatoms. The van der Waals surface area contributed by atoms with Crippen molar-refractivity contribution in [2.24, 2.45) is 0 Å². The van der Waals surface area contributed by atoms with E-state index in [1.165, 1.54) is 52.0 Å². The van der Waals surface area contributed by atoms with Crippen LogP contribution >= 0.6 is 11.3 Å². The molecule has 1 aromatic carbocycles. The largest absolute Gasteiger partial charge is 0.478 e. The minimum absolute atomic E-state index is 0.191. The average molecular weight is 395 g/mol. The summed E-state index contributed by atoms with van der Waals surface area (Å²) < 4.78 is 0. The summed E-state index contributed by atoms with van der Waals surface area (Å²) in [6.45, 7) is 13.7. The van der Waals surface area contributed by atoms with E-state index in [-0.39, 0.29) is 10.8 Å². The van der Waals surface area contributed by atoms with Crippen molar-refractivity contribution in [1.29, 1.82) is 0 Å². The highest BCUT2D eigenvalue weighted by Crippen LogP contribution is 2.47. The minimum atomic E-state index is -0.878. The topological polar surface area (TPSA) is 37.3 Å². The lowest BCUT2D eigenvalue weighted by atomic mass is 9.62. The Bertz CT molecular complexity index is 970. The van der Waals surface area contributed by atoms with Gasteiger partial charge in [-0.1, -0.05) is 52.0 Å². The molecule has 1 aliphatic rings. The van der Waals surface area contributed by atoms with Gasteiger partial charge in [0.05, 0.1) is 5.56 Å². The first-order valence-electron chi connectivity index (χ1n) is 9.85. The normalized spacial score (nSPS) is 18.3. The third kappa shape index (κ3) is 3.86. The van der Waals surface area contributed by atoms with Crippen molar-refractivity contribution in [3.05, 3.63) is 68.4 Å². The van der Waals surface area contributed by atoms with Crippen LogP contribution in [0, 0.1) is 6.92 Å². The summed E-state index contributed by atoms with van der Waals surface area (Å²) in [6.07, 6.45) is 8.35. The Balaban J connectivity index is 1.97. The molecular weight excluding hydrogens is 364 g/mol. The highest BCUT2D eigenvalue weighted by Gasteiger charge is 2.37. The molecule has 1 aliphatic carbocycles. The van der Waals surface area contributed by atoms with Gasteiger partial charge in [0.25, 0.3) is 0 Å². The Morgan fingerprint density at radius 2 is 1.68 bits per heavy atom. The Hall–Kier alpha value is -2.13. The Kier molecular flexibility index (Phi) is 5.42. The molecule has 0 unspecified atom stereocenters. The number of benzene rings is 1. The fourth-order valence-corrected chi connectivity index (χ4v) is 4.93. The molecule has 0 amide bonds. The molecule has 0 saturated carbocycles. The van der Waals surface area contributed by atoms with Gasteiger partial charge in [-0.05, 0) is 82.9 Å². The smallest absolute Gasteiger partial charge is 0.337 e. The second-order valence-corrected chi connectivity index (χ2v) is 10.1. The van der Waals surface area contributed by atoms with Crippen LogP contribution < -0.4 is 0 Å². The predicted molar refractivity (Wildman–Crippen MR) is 120 cm³/mol. The number of aromatic carboxylic acids is 1. The zero-order valence-electron chi connectivity index (χ0n) is 17.7. The third-order valence-electron chi connectivity index (χ3n) is 6.14. The average Bonchev–Trinajstić information content (AvgIpc) is 3.07. The van der Waals surface area contributed by atoms with Crippen molar-refractivity contribution in [2.45, 2.75) is 65.2 Å². The van der Waals surface area contributed by atoms with Crippen LogP contribution in [0.1, 0.15) is 84.9 Å². The number of aryl methyl sites for hydroxylation is 1. The van der Waals surface area contributed by atoms with Crippen LogP contribution in [0.5, 0.6) is 0 Å². The monoisotopic (exact) mass is 394 g/mol. The number of hydrogen-bond acceptors (Lipinski definition) is 2. The summed E-state index contributed by atoms with van der Waals surface area (Å²) in [5.41, 5.74) is 7.50. The lowest BCUT2D eigenvalue weighted by Gasteiger charge is -2.42. The van der Waals surface area contributed by atoms with Gasteiger partial charge in [-0.3, -0.25) is 0 Å². The molecule has 0 atom stereocenters. The Morgan fingerprint density at radius 1 is 1.07 bits per heavy atom. The Morgan fingerprint density at radius 3 is 2.29 bits per heavy atom. The number of rotatable bonds is 4. The van der Waals surface area contributed by atoms with Crippen molar-refractivity contribution in [2.75, 3.05) is 0 Å². The first-order valence-corrected chi connectivity index (χ1v) is 10.7. The molecule has 2 aromatic rings.